The molecule has 130 valence electrons. The molecule has 0 saturated heterocycles. The highest BCUT2D eigenvalue weighted by Crippen LogP contribution is 2.23. The van der Waals surface area contributed by atoms with E-state index in [1.807, 2.05) is 79.7 Å². The van der Waals surface area contributed by atoms with Crippen LogP contribution in [-0.2, 0) is 0 Å². The summed E-state index contributed by atoms with van der Waals surface area (Å²) < 4.78 is 3.37. The van der Waals surface area contributed by atoms with Crippen LogP contribution < -0.4 is 5.56 Å². The molecule has 2 heterocycles. The van der Waals surface area contributed by atoms with Gasteiger partial charge in [-0.1, -0.05) is 54.6 Å². The zero-order valence-electron chi connectivity index (χ0n) is 14.7. The Morgan fingerprint density at radius 1 is 0.815 bits per heavy atom. The summed E-state index contributed by atoms with van der Waals surface area (Å²) in [5.74, 6) is 0.626. The van der Waals surface area contributed by atoms with Crippen molar-refractivity contribution in [2.24, 2.45) is 0 Å². The molecule has 0 unspecified atom stereocenters. The van der Waals surface area contributed by atoms with E-state index >= 15 is 0 Å². The van der Waals surface area contributed by atoms with Gasteiger partial charge in [0.05, 0.1) is 17.6 Å². The van der Waals surface area contributed by atoms with Crippen LogP contribution in [0.15, 0.2) is 83.8 Å². The van der Waals surface area contributed by atoms with Crippen molar-refractivity contribution in [3.8, 4) is 11.4 Å². The molecule has 27 heavy (non-hydrogen) atoms. The second kappa shape index (κ2) is 5.92. The largest absolute Gasteiger partial charge is 0.269 e. The quantitative estimate of drug-likeness (QED) is 0.482. The highest BCUT2D eigenvalue weighted by molar-refractivity contribution is 5.90. The van der Waals surface area contributed by atoms with Crippen LogP contribution in [-0.4, -0.2) is 19.3 Å². The molecule has 0 atom stereocenters. The summed E-state index contributed by atoms with van der Waals surface area (Å²) >= 11 is 0. The van der Waals surface area contributed by atoms with Gasteiger partial charge in [-0.3, -0.25) is 9.36 Å². The molecule has 5 nitrogen and oxygen atoms in total. The molecule has 0 radical (unpaired) electrons. The molecule has 5 heteroatoms. The lowest BCUT2D eigenvalue weighted by Gasteiger charge is -2.13. The van der Waals surface area contributed by atoms with Gasteiger partial charge in [0.2, 0.25) is 0 Å². The van der Waals surface area contributed by atoms with Crippen molar-refractivity contribution in [1.29, 1.82) is 0 Å². The smallest absolute Gasteiger partial charge is 0.268 e. The molecule has 0 bridgehead atoms. The van der Waals surface area contributed by atoms with Gasteiger partial charge in [-0.15, -0.1) is 0 Å². The van der Waals surface area contributed by atoms with Crippen molar-refractivity contribution in [3.05, 3.63) is 95.2 Å². The molecule has 3 aromatic carbocycles. The van der Waals surface area contributed by atoms with Crippen LogP contribution >= 0.6 is 0 Å². The Balaban J connectivity index is 1.82. The lowest BCUT2D eigenvalue weighted by atomic mass is 10.1. The number of para-hydroxylation sites is 1. The number of rotatable bonds is 2. The molecular formula is C22H16N4O. The Morgan fingerprint density at radius 3 is 2.41 bits per heavy atom. The van der Waals surface area contributed by atoms with Crippen LogP contribution in [0.1, 0.15) is 5.82 Å². The van der Waals surface area contributed by atoms with E-state index in [1.165, 1.54) is 0 Å². The predicted molar refractivity (Wildman–Crippen MR) is 107 cm³/mol. The van der Waals surface area contributed by atoms with Gasteiger partial charge in [0.25, 0.3) is 5.56 Å². The molecule has 0 saturated carbocycles. The summed E-state index contributed by atoms with van der Waals surface area (Å²) in [6.45, 7) is 1.85. The van der Waals surface area contributed by atoms with Crippen molar-refractivity contribution in [2.75, 3.05) is 0 Å². The summed E-state index contributed by atoms with van der Waals surface area (Å²) in [7, 11) is 0. The minimum absolute atomic E-state index is 0.115. The molecule has 0 fully saturated rings. The first kappa shape index (κ1) is 15.5. The van der Waals surface area contributed by atoms with Crippen molar-refractivity contribution in [3.63, 3.8) is 0 Å². The van der Waals surface area contributed by atoms with E-state index in [-0.39, 0.29) is 5.56 Å². The van der Waals surface area contributed by atoms with E-state index in [0.717, 1.165) is 22.1 Å². The number of hydrogen-bond donors (Lipinski definition) is 0. The second-order valence-corrected chi connectivity index (χ2v) is 6.43. The van der Waals surface area contributed by atoms with Crippen LogP contribution in [0.25, 0.3) is 33.2 Å². The first-order valence-corrected chi connectivity index (χ1v) is 8.75. The second-order valence-electron chi connectivity index (χ2n) is 6.43. The van der Waals surface area contributed by atoms with Gasteiger partial charge in [-0.2, -0.15) is 5.10 Å². The van der Waals surface area contributed by atoms with Gasteiger partial charge in [0.1, 0.15) is 11.2 Å². The van der Waals surface area contributed by atoms with Gasteiger partial charge in [0, 0.05) is 5.39 Å². The molecule has 0 aliphatic rings. The third-order valence-corrected chi connectivity index (χ3v) is 4.78. The van der Waals surface area contributed by atoms with Gasteiger partial charge < -0.3 is 0 Å². The zero-order chi connectivity index (χ0) is 18.4. The molecular weight excluding hydrogens is 336 g/mol. The fourth-order valence-electron chi connectivity index (χ4n) is 3.52. The Morgan fingerprint density at radius 2 is 1.56 bits per heavy atom. The van der Waals surface area contributed by atoms with Gasteiger partial charge in [0.15, 0.2) is 5.65 Å². The van der Waals surface area contributed by atoms with Gasteiger partial charge >= 0.3 is 0 Å². The van der Waals surface area contributed by atoms with Crippen LogP contribution in [0.4, 0.5) is 0 Å². The third kappa shape index (κ3) is 2.36. The Kier molecular flexibility index (Phi) is 3.40. The zero-order valence-corrected chi connectivity index (χ0v) is 14.7. The number of aryl methyl sites for hydroxylation is 1. The fraction of sp³-hybridized carbons (Fsp3) is 0.0455. The van der Waals surface area contributed by atoms with Crippen LogP contribution in [0.5, 0.6) is 0 Å². The molecule has 0 N–H and O–H groups in total. The monoisotopic (exact) mass is 352 g/mol. The van der Waals surface area contributed by atoms with E-state index in [0.29, 0.717) is 16.9 Å². The maximum absolute atomic E-state index is 13.3. The van der Waals surface area contributed by atoms with Crippen LogP contribution in [0.3, 0.4) is 0 Å². The molecule has 0 aliphatic heterocycles. The number of fused-ring (bicyclic) bond motifs is 2. The number of benzene rings is 3. The average Bonchev–Trinajstić information content (AvgIpc) is 3.13. The lowest BCUT2D eigenvalue weighted by Crippen LogP contribution is -2.22. The molecule has 0 spiro atoms. The van der Waals surface area contributed by atoms with Gasteiger partial charge in [-0.25, -0.2) is 9.67 Å². The number of aromatic nitrogens is 4. The Labute approximate surface area is 155 Å². The van der Waals surface area contributed by atoms with Crippen molar-refractivity contribution in [1.82, 2.24) is 19.3 Å². The minimum Gasteiger partial charge on any atom is -0.268 e. The summed E-state index contributed by atoms with van der Waals surface area (Å²) in [6.07, 6.45) is 1.60. The summed E-state index contributed by atoms with van der Waals surface area (Å²) in [6, 6.07) is 23.7. The van der Waals surface area contributed by atoms with Crippen LogP contribution in [0, 0.1) is 6.92 Å². The van der Waals surface area contributed by atoms with Gasteiger partial charge in [-0.05, 0) is 30.5 Å². The molecule has 2 aromatic heterocycles. The topological polar surface area (TPSA) is 52.7 Å². The molecule has 0 amide bonds. The number of hydrogen-bond acceptors (Lipinski definition) is 3. The van der Waals surface area contributed by atoms with Crippen molar-refractivity contribution < 1.29 is 0 Å². The van der Waals surface area contributed by atoms with Crippen molar-refractivity contribution >= 4 is 21.8 Å². The standard InChI is InChI=1S/C22H16N4O/c1-15-24-21-19(14-23-26(21)17-10-3-2-4-11-17)22(27)25(15)20-13-7-9-16-8-5-6-12-18(16)20/h2-14H,1H3. The molecule has 5 aromatic rings. The highest BCUT2D eigenvalue weighted by Gasteiger charge is 2.16. The van der Waals surface area contributed by atoms with E-state index in [2.05, 4.69) is 5.10 Å². The maximum atomic E-state index is 13.3. The number of nitrogens with zero attached hydrogens (tertiary/aromatic N) is 4. The summed E-state index contributed by atoms with van der Waals surface area (Å²) in [5.41, 5.74) is 2.16. The normalized spacial score (nSPS) is 11.3. The Hall–Kier alpha value is -3.73. The van der Waals surface area contributed by atoms with E-state index in [4.69, 9.17) is 4.98 Å². The van der Waals surface area contributed by atoms with Crippen molar-refractivity contribution in [2.45, 2.75) is 6.92 Å². The minimum atomic E-state index is -0.115. The van der Waals surface area contributed by atoms with Crippen LogP contribution in [0.2, 0.25) is 0 Å². The van der Waals surface area contributed by atoms with E-state index in [1.54, 1.807) is 15.4 Å². The fourth-order valence-corrected chi connectivity index (χ4v) is 3.52. The predicted octanol–water partition coefficient (Wildman–Crippen LogP) is 4.03. The molecule has 0 aliphatic carbocycles. The molecule has 5 rings (SSSR count). The Bertz CT molecular complexity index is 1340. The third-order valence-electron chi connectivity index (χ3n) is 4.78. The maximum Gasteiger partial charge on any atom is 0.269 e. The summed E-state index contributed by atoms with van der Waals surface area (Å²) in [5, 5.41) is 7.00. The van der Waals surface area contributed by atoms with E-state index < -0.39 is 0 Å². The highest BCUT2D eigenvalue weighted by atomic mass is 16.1. The van der Waals surface area contributed by atoms with E-state index in [9.17, 15) is 4.79 Å². The lowest BCUT2D eigenvalue weighted by molar-refractivity contribution is 0.862. The SMILES string of the molecule is Cc1nc2c(cnn2-c2ccccc2)c(=O)n1-c1cccc2ccccc12. The average molecular weight is 352 g/mol. The summed E-state index contributed by atoms with van der Waals surface area (Å²) in [4.78, 5) is 18.0. The first-order chi connectivity index (χ1) is 13.2. The first-order valence-electron chi connectivity index (χ1n) is 8.75.